The second-order valence-corrected chi connectivity index (χ2v) is 4.38. The average molecular weight is 300 g/mol. The number of hydrogen-bond donors (Lipinski definition) is 3. The molecule has 0 aromatic heterocycles. The van der Waals surface area contributed by atoms with Crippen molar-refractivity contribution in [2.75, 3.05) is 6.54 Å². The van der Waals surface area contributed by atoms with Crippen molar-refractivity contribution >= 4 is 24.2 Å². The molecule has 112 valence electrons. The van der Waals surface area contributed by atoms with Gasteiger partial charge in [0.1, 0.15) is 6.04 Å². The number of nitrogens with one attached hydrogen (secondary N) is 2. The van der Waals surface area contributed by atoms with Gasteiger partial charge in [0, 0.05) is 13.0 Å². The summed E-state index contributed by atoms with van der Waals surface area (Å²) in [6.07, 6.45) is 0.983. The zero-order valence-electron chi connectivity index (χ0n) is 11.6. The Morgan fingerprint density at radius 1 is 1.25 bits per heavy atom. The fourth-order valence-corrected chi connectivity index (χ4v) is 1.58. The van der Waals surface area contributed by atoms with Crippen molar-refractivity contribution in [3.05, 3.63) is 35.9 Å². The van der Waals surface area contributed by atoms with Crippen molar-refractivity contribution in [1.82, 2.24) is 10.6 Å². The summed E-state index contributed by atoms with van der Waals surface area (Å²) in [5.74, 6) is -0.335. The van der Waals surface area contributed by atoms with Gasteiger partial charge in [0.25, 0.3) is 0 Å². The van der Waals surface area contributed by atoms with Crippen LogP contribution in [0.3, 0.4) is 0 Å². The maximum atomic E-state index is 11.8. The van der Waals surface area contributed by atoms with Crippen LogP contribution in [0.4, 0.5) is 0 Å². The third-order valence-corrected chi connectivity index (χ3v) is 2.69. The standard InChI is InChI=1S/C14H21N3O2.ClH/c1-11(17-13(18)8-5-9-15)14(19)16-10-12-6-3-2-4-7-12;/h2-4,6-7,11H,5,8-10,15H2,1H3,(H,16,19)(H,17,18);1H. The van der Waals surface area contributed by atoms with Crippen LogP contribution < -0.4 is 16.4 Å². The molecule has 0 saturated carbocycles. The summed E-state index contributed by atoms with van der Waals surface area (Å²) >= 11 is 0. The van der Waals surface area contributed by atoms with Gasteiger partial charge < -0.3 is 16.4 Å². The van der Waals surface area contributed by atoms with Crippen molar-refractivity contribution in [2.45, 2.75) is 32.4 Å². The van der Waals surface area contributed by atoms with Crippen molar-refractivity contribution in [3.8, 4) is 0 Å². The van der Waals surface area contributed by atoms with Crippen LogP contribution >= 0.6 is 12.4 Å². The molecule has 0 radical (unpaired) electrons. The van der Waals surface area contributed by atoms with Crippen molar-refractivity contribution in [2.24, 2.45) is 5.73 Å². The van der Waals surface area contributed by atoms with E-state index in [0.29, 0.717) is 25.9 Å². The summed E-state index contributed by atoms with van der Waals surface area (Å²) in [7, 11) is 0. The highest BCUT2D eigenvalue weighted by Crippen LogP contribution is 1.97. The molecule has 0 heterocycles. The Balaban J connectivity index is 0.00000361. The first-order valence-electron chi connectivity index (χ1n) is 6.44. The molecule has 1 aromatic carbocycles. The Bertz CT molecular complexity index is 412. The average Bonchev–Trinajstić information content (AvgIpc) is 2.43. The van der Waals surface area contributed by atoms with Gasteiger partial charge in [-0.1, -0.05) is 30.3 Å². The molecule has 1 unspecified atom stereocenters. The van der Waals surface area contributed by atoms with E-state index in [-0.39, 0.29) is 24.2 Å². The molecule has 0 saturated heterocycles. The molecule has 0 aliphatic rings. The number of hydrogen-bond acceptors (Lipinski definition) is 3. The van der Waals surface area contributed by atoms with Crippen LogP contribution in [0.15, 0.2) is 30.3 Å². The van der Waals surface area contributed by atoms with Gasteiger partial charge in [-0.25, -0.2) is 0 Å². The van der Waals surface area contributed by atoms with E-state index in [1.807, 2.05) is 30.3 Å². The number of nitrogens with two attached hydrogens (primary N) is 1. The van der Waals surface area contributed by atoms with Crippen LogP contribution in [0, 0.1) is 0 Å². The van der Waals surface area contributed by atoms with Gasteiger partial charge in [-0.15, -0.1) is 12.4 Å². The fraction of sp³-hybridized carbons (Fsp3) is 0.429. The molecule has 0 bridgehead atoms. The number of benzene rings is 1. The predicted octanol–water partition coefficient (Wildman–Crippen LogP) is 0.968. The number of rotatable bonds is 7. The molecule has 0 spiro atoms. The van der Waals surface area contributed by atoms with E-state index in [0.717, 1.165) is 5.56 Å². The van der Waals surface area contributed by atoms with E-state index >= 15 is 0 Å². The maximum Gasteiger partial charge on any atom is 0.242 e. The van der Waals surface area contributed by atoms with Gasteiger partial charge in [-0.2, -0.15) is 0 Å². The Morgan fingerprint density at radius 2 is 1.90 bits per heavy atom. The van der Waals surface area contributed by atoms with E-state index in [2.05, 4.69) is 10.6 Å². The van der Waals surface area contributed by atoms with E-state index in [9.17, 15) is 9.59 Å². The minimum Gasteiger partial charge on any atom is -0.350 e. The molecule has 0 aliphatic carbocycles. The summed E-state index contributed by atoms with van der Waals surface area (Å²) in [4.78, 5) is 23.2. The molecule has 1 aromatic rings. The molecule has 6 heteroatoms. The van der Waals surface area contributed by atoms with Crippen LogP contribution in [0.2, 0.25) is 0 Å². The first-order valence-corrected chi connectivity index (χ1v) is 6.44. The monoisotopic (exact) mass is 299 g/mol. The molecule has 1 atom stereocenters. The van der Waals surface area contributed by atoms with E-state index < -0.39 is 6.04 Å². The highest BCUT2D eigenvalue weighted by Gasteiger charge is 2.14. The normalized spacial score (nSPS) is 11.1. The lowest BCUT2D eigenvalue weighted by Crippen LogP contribution is -2.44. The second-order valence-electron chi connectivity index (χ2n) is 4.38. The van der Waals surface area contributed by atoms with Crippen LogP contribution in [0.25, 0.3) is 0 Å². The molecule has 1 rings (SSSR count). The smallest absolute Gasteiger partial charge is 0.242 e. The van der Waals surface area contributed by atoms with Crippen molar-refractivity contribution < 1.29 is 9.59 Å². The number of halogens is 1. The van der Waals surface area contributed by atoms with Crippen LogP contribution in [0.5, 0.6) is 0 Å². The summed E-state index contributed by atoms with van der Waals surface area (Å²) in [6.45, 7) is 2.60. The van der Waals surface area contributed by atoms with Crippen LogP contribution in [-0.4, -0.2) is 24.4 Å². The molecule has 4 N–H and O–H groups in total. The van der Waals surface area contributed by atoms with E-state index in [4.69, 9.17) is 5.73 Å². The Labute approximate surface area is 125 Å². The third-order valence-electron chi connectivity index (χ3n) is 2.69. The van der Waals surface area contributed by atoms with Gasteiger partial charge in [-0.05, 0) is 25.5 Å². The first kappa shape index (κ1) is 18.4. The molecular formula is C14H22ClN3O2. The largest absolute Gasteiger partial charge is 0.350 e. The van der Waals surface area contributed by atoms with E-state index in [1.165, 1.54) is 0 Å². The van der Waals surface area contributed by atoms with Crippen molar-refractivity contribution in [1.29, 1.82) is 0 Å². The van der Waals surface area contributed by atoms with Gasteiger partial charge in [0.2, 0.25) is 11.8 Å². The summed E-state index contributed by atoms with van der Waals surface area (Å²) in [5, 5.41) is 5.43. The third kappa shape index (κ3) is 7.11. The highest BCUT2D eigenvalue weighted by atomic mass is 35.5. The highest BCUT2D eigenvalue weighted by molar-refractivity contribution is 5.87. The van der Waals surface area contributed by atoms with Gasteiger partial charge in [0.15, 0.2) is 0 Å². The number of amides is 2. The maximum absolute atomic E-state index is 11.8. The summed E-state index contributed by atoms with van der Waals surface area (Å²) in [6, 6.07) is 9.09. The minimum absolute atomic E-state index is 0. The van der Waals surface area contributed by atoms with Crippen molar-refractivity contribution in [3.63, 3.8) is 0 Å². The summed E-state index contributed by atoms with van der Waals surface area (Å²) < 4.78 is 0. The summed E-state index contributed by atoms with van der Waals surface area (Å²) in [5.41, 5.74) is 6.35. The van der Waals surface area contributed by atoms with Crippen LogP contribution in [-0.2, 0) is 16.1 Å². The molecule has 0 aliphatic heterocycles. The second kappa shape index (κ2) is 10.2. The Morgan fingerprint density at radius 3 is 2.50 bits per heavy atom. The van der Waals surface area contributed by atoms with Crippen LogP contribution in [0.1, 0.15) is 25.3 Å². The number of carbonyl (C=O) groups is 2. The SMILES string of the molecule is CC(NC(=O)CCCN)C(=O)NCc1ccccc1.Cl. The van der Waals surface area contributed by atoms with Gasteiger partial charge in [-0.3, -0.25) is 9.59 Å². The van der Waals surface area contributed by atoms with Gasteiger partial charge in [0.05, 0.1) is 0 Å². The fourth-order valence-electron chi connectivity index (χ4n) is 1.58. The van der Waals surface area contributed by atoms with E-state index in [1.54, 1.807) is 6.92 Å². The zero-order chi connectivity index (χ0) is 14.1. The number of carbonyl (C=O) groups excluding carboxylic acids is 2. The molecule has 0 fully saturated rings. The topological polar surface area (TPSA) is 84.2 Å². The lowest BCUT2D eigenvalue weighted by Gasteiger charge is -2.14. The zero-order valence-corrected chi connectivity index (χ0v) is 12.4. The Kier molecular flexibility index (Phi) is 9.41. The lowest BCUT2D eigenvalue weighted by atomic mass is 10.2. The lowest BCUT2D eigenvalue weighted by molar-refractivity contribution is -0.128. The predicted molar refractivity (Wildman–Crippen MR) is 81.4 cm³/mol. The molecule has 2 amide bonds. The molecule has 20 heavy (non-hydrogen) atoms. The van der Waals surface area contributed by atoms with Gasteiger partial charge >= 0.3 is 0 Å². The molecule has 5 nitrogen and oxygen atoms in total. The minimum atomic E-state index is -0.533. The first-order chi connectivity index (χ1) is 9.13. The molecular weight excluding hydrogens is 278 g/mol. The Hall–Kier alpha value is -1.59. The quantitative estimate of drug-likeness (QED) is 0.701.